The van der Waals surface area contributed by atoms with E-state index >= 15 is 0 Å². The molecule has 1 unspecified atom stereocenters. The number of nitrogens with zero attached hydrogens (tertiary/aromatic N) is 6. The number of aromatic nitrogens is 3. The third kappa shape index (κ3) is 9.17. The van der Waals surface area contributed by atoms with Gasteiger partial charge in [0.15, 0.2) is 0 Å². The average molecular weight is 1010 g/mol. The molecule has 0 bridgehead atoms. The number of fused-ring (bicyclic) bond motifs is 3. The Morgan fingerprint density at radius 2 is 1.75 bits per heavy atom. The zero-order chi connectivity index (χ0) is 49.9. The second-order valence-corrected chi connectivity index (χ2v) is 22.2. The number of likely N-dealkylation sites (tertiary alicyclic amines) is 1. The quantitative estimate of drug-likeness (QED) is 0.0782. The molecule has 0 spiro atoms. The van der Waals surface area contributed by atoms with Gasteiger partial charge in [-0.15, -0.1) is 11.3 Å². The van der Waals surface area contributed by atoms with Crippen molar-refractivity contribution in [2.45, 2.75) is 106 Å². The molecule has 5 aliphatic heterocycles. The lowest BCUT2D eigenvalue weighted by Crippen LogP contribution is -2.58. The van der Waals surface area contributed by atoms with Gasteiger partial charge in [-0.3, -0.25) is 48.0 Å². The summed E-state index contributed by atoms with van der Waals surface area (Å²) in [5.41, 5.74) is -1.31. The Morgan fingerprint density at radius 1 is 0.958 bits per heavy atom. The molecule has 0 radical (unpaired) electrons. The Labute approximate surface area is 410 Å². The van der Waals surface area contributed by atoms with Crippen molar-refractivity contribution in [2.75, 3.05) is 31.1 Å². The van der Waals surface area contributed by atoms with Crippen LogP contribution in [0.25, 0.3) is 21.1 Å². The molecule has 4 atom stereocenters. The van der Waals surface area contributed by atoms with E-state index < -0.39 is 48.8 Å². The first kappa shape index (κ1) is 48.4. The topological polar surface area (TPSA) is 216 Å². The highest BCUT2D eigenvalue weighted by molar-refractivity contribution is 7.52. The van der Waals surface area contributed by atoms with Crippen LogP contribution < -0.4 is 21.2 Å². The number of halogens is 2. The molecule has 0 aliphatic carbocycles. The van der Waals surface area contributed by atoms with Crippen LogP contribution >= 0.6 is 18.9 Å². The number of carbonyl (C=O) groups is 5. The van der Waals surface area contributed by atoms with Crippen LogP contribution in [0, 0.1) is 17.8 Å². The second-order valence-electron chi connectivity index (χ2n) is 19.4. The van der Waals surface area contributed by atoms with Crippen LogP contribution in [0.3, 0.4) is 0 Å². The van der Waals surface area contributed by atoms with Crippen molar-refractivity contribution in [3.8, 4) is 11.8 Å². The number of pyridine rings is 1. The van der Waals surface area contributed by atoms with Gasteiger partial charge in [-0.2, -0.15) is 8.78 Å². The first-order chi connectivity index (χ1) is 34.0. The molecule has 3 aromatic heterocycles. The number of hydrogen-bond acceptors (Lipinski definition) is 10. The summed E-state index contributed by atoms with van der Waals surface area (Å²) in [4.78, 5) is 108. The van der Waals surface area contributed by atoms with E-state index in [4.69, 9.17) is 0 Å². The van der Waals surface area contributed by atoms with Gasteiger partial charge in [0, 0.05) is 97.5 Å². The summed E-state index contributed by atoms with van der Waals surface area (Å²) in [6.07, 6.45) is 10.7. The van der Waals surface area contributed by atoms with Crippen LogP contribution in [-0.2, 0) is 36.5 Å². The normalized spacial score (nSPS) is 22.5. The van der Waals surface area contributed by atoms with Crippen molar-refractivity contribution in [1.82, 2.24) is 34.6 Å². The molecule has 21 heteroatoms. The highest BCUT2D eigenvalue weighted by Gasteiger charge is 2.51. The maximum Gasteiger partial charge on any atom is 0.399 e. The number of aryl methyl sites for hydroxylation is 1. The molecule has 10 rings (SSSR count). The lowest BCUT2D eigenvalue weighted by atomic mass is 9.88. The van der Waals surface area contributed by atoms with E-state index in [1.54, 1.807) is 18.1 Å². The number of amides is 5. The number of anilines is 1. The van der Waals surface area contributed by atoms with Gasteiger partial charge in [0.1, 0.15) is 18.1 Å². The van der Waals surface area contributed by atoms with Gasteiger partial charge in [-0.25, -0.2) is 4.79 Å². The molecular formula is C50H53F2N8O9PS. The number of rotatable bonds is 10. The van der Waals surface area contributed by atoms with E-state index in [1.165, 1.54) is 21.3 Å². The number of nitrogens with one attached hydrogen (secondary N) is 2. The molecule has 372 valence electrons. The first-order valence-corrected chi connectivity index (χ1v) is 26.5. The largest absolute Gasteiger partial charge is 0.399 e. The van der Waals surface area contributed by atoms with Crippen molar-refractivity contribution in [2.24, 2.45) is 13.0 Å². The lowest BCUT2D eigenvalue weighted by Gasteiger charge is -2.44. The van der Waals surface area contributed by atoms with Gasteiger partial charge >= 0.3 is 18.9 Å². The summed E-state index contributed by atoms with van der Waals surface area (Å²) in [5, 5.41) is 5.38. The maximum atomic E-state index is 14.4. The Morgan fingerprint density at radius 3 is 2.51 bits per heavy atom. The van der Waals surface area contributed by atoms with Crippen molar-refractivity contribution >= 4 is 75.3 Å². The number of hydrogen-bond donors (Lipinski definition) is 4. The van der Waals surface area contributed by atoms with Crippen molar-refractivity contribution in [1.29, 1.82) is 0 Å². The number of alkyl halides is 2. The van der Waals surface area contributed by atoms with E-state index in [-0.39, 0.29) is 58.5 Å². The monoisotopic (exact) mass is 1010 g/mol. The minimum atomic E-state index is -5.79. The van der Waals surface area contributed by atoms with E-state index in [0.717, 1.165) is 79.1 Å². The fourth-order valence-electron chi connectivity index (χ4n) is 11.1. The zero-order valence-electron chi connectivity index (χ0n) is 38.9. The number of imide groups is 1. The minimum Gasteiger partial charge on any atom is -0.371 e. The average Bonchev–Trinajstić information content (AvgIpc) is 4.00. The summed E-state index contributed by atoms with van der Waals surface area (Å²) in [6, 6.07) is 9.68. The summed E-state index contributed by atoms with van der Waals surface area (Å²) in [5.74, 6) is 5.35. The molecule has 5 amide bonds. The van der Waals surface area contributed by atoms with Gasteiger partial charge in [-0.1, -0.05) is 17.9 Å². The smallest absolute Gasteiger partial charge is 0.371 e. The van der Waals surface area contributed by atoms with Gasteiger partial charge in [0.05, 0.1) is 15.9 Å². The van der Waals surface area contributed by atoms with Crippen LogP contribution in [0.4, 0.5) is 14.5 Å². The van der Waals surface area contributed by atoms with Crippen molar-refractivity contribution in [3.05, 3.63) is 93.0 Å². The number of benzene rings is 2. The summed E-state index contributed by atoms with van der Waals surface area (Å²) in [6.45, 7) is 2.75. The molecule has 71 heavy (non-hydrogen) atoms. The molecule has 5 saturated heterocycles. The number of imidazole rings is 1. The predicted octanol–water partition coefficient (Wildman–Crippen LogP) is 5.47. The first-order valence-electron chi connectivity index (χ1n) is 24.1. The van der Waals surface area contributed by atoms with Crippen LogP contribution in [0.2, 0.25) is 0 Å². The van der Waals surface area contributed by atoms with E-state index in [2.05, 4.69) is 32.4 Å². The van der Waals surface area contributed by atoms with Crippen LogP contribution in [0.5, 0.6) is 0 Å². The Balaban J connectivity index is 0.719. The maximum absolute atomic E-state index is 14.4. The van der Waals surface area contributed by atoms with Gasteiger partial charge in [-0.05, 0) is 112 Å². The SMILES string of the molecule is Cn1c(=O)n(C2CCC(=O)NC2=O)c2ccc(C#CCCC3CCN(c4ccncc4C4CN(C(=O)[C@@H]5CC[C@@H]6CCC[C@H](NC(=O)c7cc8cc(C(F)(F)P(=O)(O)O)ccc8s7)C(=O)N65)C4)CC3)cc21. The fourth-order valence-corrected chi connectivity index (χ4v) is 12.5. The second kappa shape index (κ2) is 19.1. The molecular weight excluding hydrogens is 958 g/mol. The van der Waals surface area contributed by atoms with Crippen molar-refractivity contribution in [3.63, 3.8) is 0 Å². The summed E-state index contributed by atoms with van der Waals surface area (Å²) in [7, 11) is -4.12. The molecule has 5 aromatic rings. The standard InChI is InChI=1S/C50H53F2N8O9PS/c1-56-41-23-30(9-12-38(41)60(49(56)66)39-14-16-44(61)55-45(39)62)6-3-2-5-29-18-21-57(22-19-29)37-17-20-53-26-35(37)32-27-58(28-32)48(65)40-13-11-34-7-4-8-36(47(64)59(34)40)54-46(63)43-25-31-24-33(10-15-42(31)71-43)50(51,52)70(67,68)69/h9-10,12,15,17,20,23-26,29,32,34,36,39-40H,2,4-5,7-8,11,13-14,16,18-19,21-22,27-28H2,1H3,(H,54,63)(H,55,61,62)(H2,67,68,69)/t34-,36-,39?,40-/m0/s1. The van der Waals surface area contributed by atoms with Crippen LogP contribution in [0.1, 0.15) is 109 Å². The Bertz CT molecular complexity index is 3160. The molecule has 8 heterocycles. The fraction of sp³-hybridized carbons (Fsp3) is 0.460. The van der Waals surface area contributed by atoms with E-state index in [9.17, 15) is 51.9 Å². The zero-order valence-corrected chi connectivity index (χ0v) is 40.6. The Hall–Kier alpha value is -6.26. The minimum absolute atomic E-state index is 0.0813. The highest BCUT2D eigenvalue weighted by atomic mass is 32.1. The third-order valence-corrected chi connectivity index (χ3v) is 17.2. The number of piperidine rings is 2. The highest BCUT2D eigenvalue weighted by Crippen LogP contribution is 2.59. The van der Waals surface area contributed by atoms with Gasteiger partial charge < -0.3 is 29.8 Å². The molecule has 4 N–H and O–H groups in total. The van der Waals surface area contributed by atoms with Crippen molar-refractivity contribution < 1.29 is 47.1 Å². The number of carbonyl (C=O) groups excluding carboxylic acids is 5. The third-order valence-electron chi connectivity index (χ3n) is 15.1. The predicted molar refractivity (Wildman–Crippen MR) is 260 cm³/mol. The lowest BCUT2D eigenvalue weighted by molar-refractivity contribution is -0.148. The molecule has 17 nitrogen and oxygen atoms in total. The molecule has 0 saturated carbocycles. The molecule has 2 aromatic carbocycles. The van der Waals surface area contributed by atoms with Crippen LogP contribution in [-0.4, -0.2) is 108 Å². The van der Waals surface area contributed by atoms with E-state index in [0.29, 0.717) is 66.8 Å². The molecule has 5 aliphatic rings. The van der Waals surface area contributed by atoms with Gasteiger partial charge in [0.2, 0.25) is 23.6 Å². The Kier molecular flexibility index (Phi) is 13.0. The van der Waals surface area contributed by atoms with E-state index in [1.807, 2.05) is 35.4 Å². The number of thiophene rings is 1. The molecule has 5 fully saturated rings. The summed E-state index contributed by atoms with van der Waals surface area (Å²) < 4.78 is 43.7. The summed E-state index contributed by atoms with van der Waals surface area (Å²) >= 11 is 1.01. The van der Waals surface area contributed by atoms with Gasteiger partial charge in [0.25, 0.3) is 5.91 Å². The van der Waals surface area contributed by atoms with Crippen LogP contribution in [0.15, 0.2) is 65.7 Å².